The monoisotopic (exact) mass is 181 g/mol. The van der Waals surface area contributed by atoms with Gasteiger partial charge in [0.2, 0.25) is 0 Å². The Morgan fingerprint density at radius 3 is 2.69 bits per heavy atom. The lowest BCUT2D eigenvalue weighted by Crippen LogP contribution is -2.25. The third-order valence-corrected chi connectivity index (χ3v) is 2.38. The highest BCUT2D eigenvalue weighted by Crippen LogP contribution is 2.35. The summed E-state index contributed by atoms with van der Waals surface area (Å²) in [5, 5.41) is 3.88. The van der Waals surface area contributed by atoms with Crippen molar-refractivity contribution < 1.29 is 4.79 Å². The van der Waals surface area contributed by atoms with Crippen molar-refractivity contribution >= 4 is 11.7 Å². The average molecular weight is 181 g/mol. The molecule has 13 heavy (non-hydrogen) atoms. The molecular weight excluding hydrogens is 166 g/mol. The van der Waals surface area contributed by atoms with Gasteiger partial charge >= 0.3 is 6.03 Å². The van der Waals surface area contributed by atoms with Gasteiger partial charge < -0.3 is 5.73 Å². The lowest BCUT2D eigenvalue weighted by atomic mass is 9.87. The van der Waals surface area contributed by atoms with Crippen molar-refractivity contribution in [2.24, 2.45) is 16.3 Å². The molecule has 0 radical (unpaired) electrons. The molecule has 0 bridgehead atoms. The highest BCUT2D eigenvalue weighted by Gasteiger charge is 2.27. The number of hydrogen-bond donors (Lipinski definition) is 2. The molecule has 1 aliphatic carbocycles. The molecular formula is C9H15N3O. The smallest absolute Gasteiger partial charge is 0.332 e. The molecule has 0 aliphatic heterocycles. The Labute approximate surface area is 77.9 Å². The number of primary amides is 1. The largest absolute Gasteiger partial charge is 0.350 e. The Morgan fingerprint density at radius 2 is 2.31 bits per heavy atom. The minimum absolute atomic E-state index is 0.151. The Hall–Kier alpha value is -1.32. The van der Waals surface area contributed by atoms with Gasteiger partial charge in [0.25, 0.3) is 0 Å². The topological polar surface area (TPSA) is 67.5 Å². The van der Waals surface area contributed by atoms with E-state index >= 15 is 0 Å². The molecule has 0 unspecified atom stereocenters. The zero-order valence-electron chi connectivity index (χ0n) is 8.22. The van der Waals surface area contributed by atoms with Crippen molar-refractivity contribution in [1.82, 2.24) is 5.43 Å². The van der Waals surface area contributed by atoms with Crippen molar-refractivity contribution in [3.63, 3.8) is 0 Å². The third kappa shape index (κ3) is 2.31. The van der Waals surface area contributed by atoms with Gasteiger partial charge in [0.1, 0.15) is 0 Å². The van der Waals surface area contributed by atoms with E-state index in [0.717, 1.165) is 12.1 Å². The lowest BCUT2D eigenvalue weighted by Gasteiger charge is -2.18. The number of nitrogens with one attached hydrogen (secondary N) is 1. The van der Waals surface area contributed by atoms with Crippen molar-refractivity contribution in [2.75, 3.05) is 0 Å². The van der Waals surface area contributed by atoms with Crippen molar-refractivity contribution in [2.45, 2.75) is 27.2 Å². The number of carbonyl (C=O) groups is 1. The fourth-order valence-electron chi connectivity index (χ4n) is 1.29. The van der Waals surface area contributed by atoms with Crippen LogP contribution < -0.4 is 11.2 Å². The molecule has 4 heteroatoms. The number of amides is 2. The minimum atomic E-state index is -0.622. The van der Waals surface area contributed by atoms with E-state index in [2.05, 4.69) is 31.3 Å². The van der Waals surface area contributed by atoms with E-state index in [4.69, 9.17) is 5.73 Å². The van der Waals surface area contributed by atoms with E-state index < -0.39 is 6.03 Å². The molecule has 0 atom stereocenters. The van der Waals surface area contributed by atoms with Crippen LogP contribution in [0.25, 0.3) is 0 Å². The predicted octanol–water partition coefficient (Wildman–Crippen LogP) is 1.39. The SMILES string of the molecule is CC1=C/C(=N\NC(N)=O)CC1(C)C. The van der Waals surface area contributed by atoms with Gasteiger partial charge in [-0.25, -0.2) is 10.2 Å². The Balaban J connectivity index is 2.69. The molecule has 0 aromatic heterocycles. The van der Waals surface area contributed by atoms with E-state index in [1.807, 2.05) is 6.08 Å². The van der Waals surface area contributed by atoms with Crippen molar-refractivity contribution in [3.05, 3.63) is 11.6 Å². The summed E-state index contributed by atoms with van der Waals surface area (Å²) < 4.78 is 0. The number of nitrogens with zero attached hydrogens (tertiary/aromatic N) is 1. The number of carbonyl (C=O) groups excluding carboxylic acids is 1. The van der Waals surface area contributed by atoms with Crippen LogP contribution in [0.1, 0.15) is 27.2 Å². The summed E-state index contributed by atoms with van der Waals surface area (Å²) in [5.41, 5.74) is 9.43. The third-order valence-electron chi connectivity index (χ3n) is 2.38. The molecule has 72 valence electrons. The normalized spacial score (nSPS) is 23.0. The second-order valence-corrected chi connectivity index (χ2v) is 3.97. The first-order valence-corrected chi connectivity index (χ1v) is 4.22. The molecule has 0 aromatic rings. The van der Waals surface area contributed by atoms with E-state index in [1.54, 1.807) is 0 Å². The Bertz CT molecular complexity index is 289. The van der Waals surface area contributed by atoms with Gasteiger partial charge in [-0.3, -0.25) is 0 Å². The van der Waals surface area contributed by atoms with Crippen LogP contribution in [0.3, 0.4) is 0 Å². The molecule has 1 rings (SSSR count). The Kier molecular flexibility index (Phi) is 2.40. The molecule has 0 saturated heterocycles. The van der Waals surface area contributed by atoms with E-state index in [-0.39, 0.29) is 5.41 Å². The van der Waals surface area contributed by atoms with Crippen molar-refractivity contribution in [3.8, 4) is 0 Å². The van der Waals surface area contributed by atoms with Crippen LogP contribution in [0.4, 0.5) is 4.79 Å². The van der Waals surface area contributed by atoms with Gasteiger partial charge in [-0.05, 0) is 18.4 Å². The predicted molar refractivity (Wildman–Crippen MR) is 52.3 cm³/mol. The highest BCUT2D eigenvalue weighted by atomic mass is 16.2. The second-order valence-electron chi connectivity index (χ2n) is 3.97. The molecule has 1 aliphatic rings. The standard InChI is InChI=1S/C9H15N3O/c1-6-4-7(5-9(6,2)3)11-12-8(10)13/h4H,5H2,1-3H3,(H3,10,12,13)/b11-7+. The van der Waals surface area contributed by atoms with Gasteiger partial charge in [-0.1, -0.05) is 19.4 Å². The van der Waals surface area contributed by atoms with Gasteiger partial charge in [0.05, 0.1) is 5.71 Å². The summed E-state index contributed by atoms with van der Waals surface area (Å²) >= 11 is 0. The first kappa shape index (κ1) is 9.77. The van der Waals surface area contributed by atoms with Crippen LogP contribution in [0.15, 0.2) is 16.8 Å². The van der Waals surface area contributed by atoms with Gasteiger partial charge in [-0.15, -0.1) is 0 Å². The molecule has 3 N–H and O–H groups in total. The quantitative estimate of drug-likeness (QED) is 0.590. The molecule has 0 saturated carbocycles. The minimum Gasteiger partial charge on any atom is -0.350 e. The zero-order chi connectivity index (χ0) is 10.1. The number of hydrazone groups is 1. The van der Waals surface area contributed by atoms with Crippen LogP contribution in [-0.2, 0) is 0 Å². The van der Waals surface area contributed by atoms with Gasteiger partial charge in [0, 0.05) is 6.42 Å². The van der Waals surface area contributed by atoms with Gasteiger partial charge in [-0.2, -0.15) is 5.10 Å². The first-order valence-electron chi connectivity index (χ1n) is 4.22. The van der Waals surface area contributed by atoms with Crippen molar-refractivity contribution in [1.29, 1.82) is 0 Å². The Morgan fingerprint density at radius 1 is 1.69 bits per heavy atom. The second kappa shape index (κ2) is 3.20. The molecule has 4 nitrogen and oxygen atoms in total. The highest BCUT2D eigenvalue weighted by molar-refractivity contribution is 5.99. The van der Waals surface area contributed by atoms with Crippen LogP contribution in [0, 0.1) is 5.41 Å². The number of nitrogens with two attached hydrogens (primary N) is 1. The fraction of sp³-hybridized carbons (Fsp3) is 0.556. The summed E-state index contributed by atoms with van der Waals surface area (Å²) in [7, 11) is 0. The number of allylic oxidation sites excluding steroid dienone is 2. The zero-order valence-corrected chi connectivity index (χ0v) is 8.22. The average Bonchev–Trinajstić information content (AvgIpc) is 2.22. The number of urea groups is 1. The maximum atomic E-state index is 10.4. The number of hydrogen-bond acceptors (Lipinski definition) is 2. The summed E-state index contributed by atoms with van der Waals surface area (Å²) in [6, 6.07) is -0.622. The molecule has 2 amide bonds. The molecule has 0 heterocycles. The maximum Gasteiger partial charge on any atom is 0.332 e. The van der Waals surface area contributed by atoms with Crippen LogP contribution in [-0.4, -0.2) is 11.7 Å². The van der Waals surface area contributed by atoms with Gasteiger partial charge in [0.15, 0.2) is 0 Å². The molecule has 0 fully saturated rings. The maximum absolute atomic E-state index is 10.4. The summed E-state index contributed by atoms with van der Waals surface area (Å²) in [6.07, 6.45) is 2.83. The number of rotatable bonds is 1. The molecule has 0 spiro atoms. The van der Waals surface area contributed by atoms with Crippen LogP contribution >= 0.6 is 0 Å². The summed E-state index contributed by atoms with van der Waals surface area (Å²) in [5.74, 6) is 0. The van der Waals surface area contributed by atoms with Crippen LogP contribution in [0.2, 0.25) is 0 Å². The molecule has 0 aromatic carbocycles. The lowest BCUT2D eigenvalue weighted by molar-refractivity contribution is 0.249. The van der Waals surface area contributed by atoms with E-state index in [9.17, 15) is 4.79 Å². The van der Waals surface area contributed by atoms with E-state index in [1.165, 1.54) is 5.57 Å². The summed E-state index contributed by atoms with van der Waals surface area (Å²) in [6.45, 7) is 6.35. The summed E-state index contributed by atoms with van der Waals surface area (Å²) in [4.78, 5) is 10.4. The fourth-order valence-corrected chi connectivity index (χ4v) is 1.29. The van der Waals surface area contributed by atoms with E-state index in [0.29, 0.717) is 0 Å². The first-order chi connectivity index (χ1) is 5.92. The van der Waals surface area contributed by atoms with Crippen LogP contribution in [0.5, 0.6) is 0 Å².